The zero-order chi connectivity index (χ0) is 15.7. The Morgan fingerprint density at radius 3 is 2.86 bits per heavy atom. The number of ether oxygens (including phenoxy) is 1. The number of hydrogen-bond acceptors (Lipinski definition) is 4. The molecule has 1 aromatic heterocycles. The highest BCUT2D eigenvalue weighted by Gasteiger charge is 2.39. The van der Waals surface area contributed by atoms with Gasteiger partial charge in [-0.05, 0) is 31.4 Å². The van der Waals surface area contributed by atoms with Crippen molar-refractivity contribution in [3.05, 3.63) is 24.0 Å². The van der Waals surface area contributed by atoms with Crippen molar-refractivity contribution in [2.75, 3.05) is 24.7 Å². The molecule has 0 aromatic carbocycles. The number of nitrogens with zero attached hydrogens (tertiary/aromatic N) is 2. The van der Waals surface area contributed by atoms with Gasteiger partial charge in [-0.25, -0.2) is 0 Å². The molecule has 122 valence electrons. The number of alkyl halides is 3. The Labute approximate surface area is 126 Å². The quantitative estimate of drug-likeness (QED) is 0.910. The summed E-state index contributed by atoms with van der Waals surface area (Å²) in [6, 6.07) is 2.71. The van der Waals surface area contributed by atoms with Crippen LogP contribution in [0, 0.1) is 5.92 Å². The predicted octanol–water partition coefficient (Wildman–Crippen LogP) is 2.47. The van der Waals surface area contributed by atoms with Crippen LogP contribution in [-0.2, 0) is 10.9 Å². The third-order valence-corrected chi connectivity index (χ3v) is 4.52. The molecule has 0 radical (unpaired) electrons. The van der Waals surface area contributed by atoms with Crippen molar-refractivity contribution in [3.63, 3.8) is 0 Å². The lowest BCUT2D eigenvalue weighted by atomic mass is 9.89. The van der Waals surface area contributed by atoms with Gasteiger partial charge in [0.15, 0.2) is 0 Å². The van der Waals surface area contributed by atoms with Gasteiger partial charge >= 0.3 is 6.18 Å². The van der Waals surface area contributed by atoms with Crippen LogP contribution in [0.3, 0.4) is 0 Å². The highest BCUT2D eigenvalue weighted by molar-refractivity contribution is 5.49. The summed E-state index contributed by atoms with van der Waals surface area (Å²) in [4.78, 5) is 5.37. The Balaban J connectivity index is 1.84. The van der Waals surface area contributed by atoms with Gasteiger partial charge in [0.2, 0.25) is 0 Å². The van der Waals surface area contributed by atoms with Crippen LogP contribution >= 0.6 is 0 Å². The molecule has 3 heterocycles. The van der Waals surface area contributed by atoms with Gasteiger partial charge in [-0.15, -0.1) is 0 Å². The zero-order valence-electron chi connectivity index (χ0n) is 12.1. The van der Waals surface area contributed by atoms with Crippen molar-refractivity contribution in [3.8, 4) is 0 Å². The number of aromatic nitrogens is 1. The highest BCUT2D eigenvalue weighted by atomic mass is 19.4. The summed E-state index contributed by atoms with van der Waals surface area (Å²) >= 11 is 0. The standard InChI is InChI=1S/C15H19F3N2O2/c16-15(17,18)14-8-10(3-5-19-14)20-6-1-2-12(20)11-9-22-7-4-13(11)21/h3,5,8,11-13,21H,1-2,4,6-7,9H2/t11-,12-,13-/m1/s1. The average molecular weight is 316 g/mol. The number of rotatable bonds is 2. The maximum absolute atomic E-state index is 12.8. The van der Waals surface area contributed by atoms with E-state index in [-0.39, 0.29) is 12.0 Å². The van der Waals surface area contributed by atoms with Crippen molar-refractivity contribution in [2.24, 2.45) is 5.92 Å². The van der Waals surface area contributed by atoms with Gasteiger partial charge in [-0.3, -0.25) is 4.98 Å². The van der Waals surface area contributed by atoms with Crippen LogP contribution in [0.5, 0.6) is 0 Å². The molecule has 0 saturated carbocycles. The fourth-order valence-corrected chi connectivity index (χ4v) is 3.43. The topological polar surface area (TPSA) is 45.6 Å². The fourth-order valence-electron chi connectivity index (χ4n) is 3.43. The Morgan fingerprint density at radius 1 is 1.32 bits per heavy atom. The highest BCUT2D eigenvalue weighted by Crippen LogP contribution is 2.35. The number of hydrogen-bond donors (Lipinski definition) is 1. The van der Waals surface area contributed by atoms with Crippen LogP contribution in [0.2, 0.25) is 0 Å². The Hall–Kier alpha value is -1.34. The van der Waals surface area contributed by atoms with Gasteiger partial charge in [0, 0.05) is 37.0 Å². The molecule has 3 rings (SSSR count). The fraction of sp³-hybridized carbons (Fsp3) is 0.667. The number of halogens is 3. The lowest BCUT2D eigenvalue weighted by Gasteiger charge is -2.38. The second kappa shape index (κ2) is 6.04. The first-order chi connectivity index (χ1) is 10.5. The summed E-state index contributed by atoms with van der Waals surface area (Å²) in [5.74, 6) is -0.0567. The number of pyridine rings is 1. The van der Waals surface area contributed by atoms with E-state index in [9.17, 15) is 18.3 Å². The predicted molar refractivity (Wildman–Crippen MR) is 74.5 cm³/mol. The van der Waals surface area contributed by atoms with E-state index in [1.165, 1.54) is 6.20 Å². The number of anilines is 1. The van der Waals surface area contributed by atoms with E-state index >= 15 is 0 Å². The SMILES string of the molecule is O[C@@H]1CCOC[C@@H]1[C@H]1CCCN1c1ccnc(C(F)(F)F)c1. The van der Waals surface area contributed by atoms with Gasteiger partial charge in [-0.2, -0.15) is 13.2 Å². The molecule has 0 unspecified atom stereocenters. The molecular formula is C15H19F3N2O2. The van der Waals surface area contributed by atoms with E-state index < -0.39 is 18.0 Å². The minimum Gasteiger partial charge on any atom is -0.393 e. The molecule has 3 atom stereocenters. The van der Waals surface area contributed by atoms with Crippen molar-refractivity contribution >= 4 is 5.69 Å². The molecule has 22 heavy (non-hydrogen) atoms. The van der Waals surface area contributed by atoms with Gasteiger partial charge in [0.1, 0.15) is 5.69 Å². The van der Waals surface area contributed by atoms with Crippen molar-refractivity contribution in [1.82, 2.24) is 4.98 Å². The molecule has 7 heteroatoms. The average Bonchev–Trinajstić information content (AvgIpc) is 2.96. The van der Waals surface area contributed by atoms with Gasteiger partial charge in [0.05, 0.1) is 12.7 Å². The Kier molecular flexibility index (Phi) is 4.27. The zero-order valence-corrected chi connectivity index (χ0v) is 12.1. The lowest BCUT2D eigenvalue weighted by molar-refractivity contribution is -0.141. The molecule has 0 amide bonds. The summed E-state index contributed by atoms with van der Waals surface area (Å²) in [5, 5.41) is 10.2. The molecule has 0 aliphatic carbocycles. The summed E-state index contributed by atoms with van der Waals surface area (Å²) in [7, 11) is 0. The number of aliphatic hydroxyl groups is 1. The van der Waals surface area contributed by atoms with Crippen LogP contribution in [0.15, 0.2) is 18.3 Å². The molecule has 0 bridgehead atoms. The second-order valence-electron chi connectivity index (χ2n) is 5.89. The minimum absolute atomic E-state index is 0.0128. The van der Waals surface area contributed by atoms with Crippen LogP contribution in [0.4, 0.5) is 18.9 Å². The van der Waals surface area contributed by atoms with E-state index in [4.69, 9.17) is 4.74 Å². The van der Waals surface area contributed by atoms with E-state index in [0.29, 0.717) is 31.9 Å². The molecule has 2 saturated heterocycles. The van der Waals surface area contributed by atoms with Crippen LogP contribution < -0.4 is 4.90 Å². The summed E-state index contributed by atoms with van der Waals surface area (Å²) < 4.78 is 43.9. The molecular weight excluding hydrogens is 297 g/mol. The summed E-state index contributed by atoms with van der Waals surface area (Å²) in [5.41, 5.74) is -0.362. The lowest BCUT2D eigenvalue weighted by Crippen LogP contribution is -2.46. The normalized spacial score (nSPS) is 29.8. The second-order valence-corrected chi connectivity index (χ2v) is 5.89. The van der Waals surface area contributed by atoms with E-state index in [1.807, 2.05) is 4.90 Å². The summed E-state index contributed by atoms with van der Waals surface area (Å²) in [6.07, 6.45) is -1.37. The smallest absolute Gasteiger partial charge is 0.393 e. The van der Waals surface area contributed by atoms with Crippen molar-refractivity contribution < 1.29 is 23.0 Å². The van der Waals surface area contributed by atoms with Gasteiger partial charge in [-0.1, -0.05) is 0 Å². The number of aliphatic hydroxyl groups excluding tert-OH is 1. The van der Waals surface area contributed by atoms with Crippen LogP contribution in [0.25, 0.3) is 0 Å². The molecule has 2 aliphatic heterocycles. The molecule has 1 aromatic rings. The summed E-state index contributed by atoms with van der Waals surface area (Å²) in [6.45, 7) is 1.69. The maximum atomic E-state index is 12.8. The largest absolute Gasteiger partial charge is 0.433 e. The van der Waals surface area contributed by atoms with Crippen LogP contribution in [0.1, 0.15) is 25.0 Å². The van der Waals surface area contributed by atoms with Gasteiger partial charge in [0.25, 0.3) is 0 Å². The first-order valence-corrected chi connectivity index (χ1v) is 7.52. The van der Waals surface area contributed by atoms with Crippen molar-refractivity contribution in [1.29, 1.82) is 0 Å². The first-order valence-electron chi connectivity index (χ1n) is 7.52. The molecule has 2 fully saturated rings. The van der Waals surface area contributed by atoms with Crippen molar-refractivity contribution in [2.45, 2.75) is 37.6 Å². The molecule has 0 spiro atoms. The Morgan fingerprint density at radius 2 is 2.14 bits per heavy atom. The third kappa shape index (κ3) is 3.05. The maximum Gasteiger partial charge on any atom is 0.433 e. The van der Waals surface area contributed by atoms with E-state index in [2.05, 4.69) is 4.98 Å². The van der Waals surface area contributed by atoms with Crippen LogP contribution in [-0.4, -0.2) is 42.0 Å². The van der Waals surface area contributed by atoms with E-state index in [0.717, 1.165) is 18.9 Å². The molecule has 2 aliphatic rings. The molecule has 4 nitrogen and oxygen atoms in total. The van der Waals surface area contributed by atoms with E-state index in [1.54, 1.807) is 6.07 Å². The third-order valence-electron chi connectivity index (χ3n) is 4.52. The van der Waals surface area contributed by atoms with Gasteiger partial charge < -0.3 is 14.7 Å². The Bertz CT molecular complexity index is 524. The monoisotopic (exact) mass is 316 g/mol. The minimum atomic E-state index is -4.45. The molecule has 1 N–H and O–H groups in total. The first kappa shape index (κ1) is 15.6.